The van der Waals surface area contributed by atoms with E-state index in [1.807, 2.05) is 20.8 Å². The quantitative estimate of drug-likeness (QED) is 0.718. The fraction of sp³-hybridized carbons (Fsp3) is 0.500. The van der Waals surface area contributed by atoms with E-state index in [0.29, 0.717) is 6.54 Å². The van der Waals surface area contributed by atoms with E-state index in [9.17, 15) is 13.2 Å². The van der Waals surface area contributed by atoms with Crippen molar-refractivity contribution in [1.29, 1.82) is 0 Å². The molecule has 0 spiro atoms. The monoisotopic (exact) mass is 313 g/mol. The fourth-order valence-corrected chi connectivity index (χ4v) is 2.55. The summed E-state index contributed by atoms with van der Waals surface area (Å²) in [6.07, 6.45) is 0. The van der Waals surface area contributed by atoms with Crippen LogP contribution in [0.2, 0.25) is 0 Å². The van der Waals surface area contributed by atoms with Crippen molar-refractivity contribution in [3.8, 4) is 0 Å². The lowest BCUT2D eigenvalue weighted by molar-refractivity contribution is -0.126. The average Bonchev–Trinajstić information content (AvgIpc) is 2.38. The van der Waals surface area contributed by atoms with Crippen molar-refractivity contribution >= 4 is 15.9 Å². The molecular formula is C14H23N3O3S. The van der Waals surface area contributed by atoms with E-state index in [0.717, 1.165) is 5.56 Å². The Bertz CT molecular complexity index is 582. The summed E-state index contributed by atoms with van der Waals surface area (Å²) in [5, 5.41) is 7.93. The zero-order valence-electron chi connectivity index (χ0n) is 12.5. The molecule has 1 aromatic rings. The first kappa shape index (κ1) is 17.6. The molecule has 1 aromatic carbocycles. The van der Waals surface area contributed by atoms with Gasteiger partial charge in [-0.15, -0.1) is 0 Å². The SMILES string of the molecule is CC(NC(=O)C(CN)C(C)C)c1ccc(S(N)(=O)=O)cc1. The molecule has 0 saturated heterocycles. The summed E-state index contributed by atoms with van der Waals surface area (Å²) in [5.41, 5.74) is 6.42. The standard InChI is InChI=1S/C14H23N3O3S/c1-9(2)13(8-15)14(18)17-10(3)11-4-6-12(7-5-11)21(16,19)20/h4-7,9-10,13H,8,15H2,1-3H3,(H,17,18)(H2,16,19,20). The first-order chi connectivity index (χ1) is 9.66. The zero-order chi connectivity index (χ0) is 16.2. The lowest BCUT2D eigenvalue weighted by Crippen LogP contribution is -2.39. The number of hydrogen-bond donors (Lipinski definition) is 3. The van der Waals surface area contributed by atoms with Gasteiger partial charge < -0.3 is 11.1 Å². The van der Waals surface area contributed by atoms with Gasteiger partial charge in [0.2, 0.25) is 15.9 Å². The largest absolute Gasteiger partial charge is 0.349 e. The van der Waals surface area contributed by atoms with Crippen molar-refractivity contribution in [1.82, 2.24) is 5.32 Å². The summed E-state index contributed by atoms with van der Waals surface area (Å²) in [7, 11) is -3.70. The van der Waals surface area contributed by atoms with Crippen LogP contribution in [0.25, 0.3) is 0 Å². The first-order valence-electron chi connectivity index (χ1n) is 6.80. The molecular weight excluding hydrogens is 290 g/mol. The summed E-state index contributed by atoms with van der Waals surface area (Å²) in [6, 6.07) is 5.89. The number of hydrogen-bond acceptors (Lipinski definition) is 4. The normalized spacial score (nSPS) is 14.8. The summed E-state index contributed by atoms with van der Waals surface area (Å²) in [5.74, 6) is -0.182. The number of sulfonamides is 1. The van der Waals surface area contributed by atoms with E-state index in [1.165, 1.54) is 12.1 Å². The third-order valence-electron chi connectivity index (χ3n) is 3.46. The lowest BCUT2D eigenvalue weighted by Gasteiger charge is -2.22. The van der Waals surface area contributed by atoms with E-state index in [1.54, 1.807) is 12.1 Å². The van der Waals surface area contributed by atoms with E-state index < -0.39 is 10.0 Å². The Morgan fingerprint density at radius 1 is 1.19 bits per heavy atom. The number of carbonyl (C=O) groups is 1. The second-order valence-electron chi connectivity index (χ2n) is 5.43. The third kappa shape index (κ3) is 4.80. The van der Waals surface area contributed by atoms with E-state index >= 15 is 0 Å². The third-order valence-corrected chi connectivity index (χ3v) is 4.39. The number of primary sulfonamides is 1. The van der Waals surface area contributed by atoms with E-state index in [4.69, 9.17) is 10.9 Å². The Hall–Kier alpha value is -1.44. The molecule has 2 atom stereocenters. The number of carbonyl (C=O) groups excluding carboxylic acids is 1. The molecule has 0 aliphatic heterocycles. The van der Waals surface area contributed by atoms with Gasteiger partial charge in [-0.1, -0.05) is 26.0 Å². The van der Waals surface area contributed by atoms with Gasteiger partial charge in [-0.2, -0.15) is 0 Å². The minimum Gasteiger partial charge on any atom is -0.349 e. The van der Waals surface area contributed by atoms with Crippen molar-refractivity contribution in [2.45, 2.75) is 31.7 Å². The van der Waals surface area contributed by atoms with Crippen LogP contribution in [0.4, 0.5) is 0 Å². The molecule has 1 rings (SSSR count). The zero-order valence-corrected chi connectivity index (χ0v) is 13.4. The topological polar surface area (TPSA) is 115 Å². The van der Waals surface area contributed by atoms with Gasteiger partial charge in [0.05, 0.1) is 16.9 Å². The molecule has 6 nitrogen and oxygen atoms in total. The van der Waals surface area contributed by atoms with Gasteiger partial charge in [0.1, 0.15) is 0 Å². The van der Waals surface area contributed by atoms with Crippen LogP contribution in [-0.4, -0.2) is 20.9 Å². The van der Waals surface area contributed by atoms with Gasteiger partial charge in [-0.05, 0) is 30.5 Å². The van der Waals surface area contributed by atoms with E-state index in [-0.39, 0.29) is 28.7 Å². The van der Waals surface area contributed by atoms with Crippen LogP contribution in [0.1, 0.15) is 32.4 Å². The molecule has 7 heteroatoms. The average molecular weight is 313 g/mol. The minimum atomic E-state index is -3.70. The Morgan fingerprint density at radius 3 is 2.10 bits per heavy atom. The Balaban J connectivity index is 2.80. The second-order valence-corrected chi connectivity index (χ2v) is 6.99. The van der Waals surface area contributed by atoms with Crippen molar-refractivity contribution in [3.63, 3.8) is 0 Å². The minimum absolute atomic E-state index is 0.0480. The van der Waals surface area contributed by atoms with Crippen LogP contribution >= 0.6 is 0 Å². The smallest absolute Gasteiger partial charge is 0.238 e. The molecule has 0 radical (unpaired) electrons. The summed E-state index contributed by atoms with van der Waals surface area (Å²) >= 11 is 0. The predicted molar refractivity (Wildman–Crippen MR) is 81.8 cm³/mol. The van der Waals surface area contributed by atoms with Gasteiger partial charge >= 0.3 is 0 Å². The Labute approximate surface area is 126 Å². The summed E-state index contributed by atoms with van der Waals surface area (Å²) in [6.45, 7) is 6.02. The maximum absolute atomic E-state index is 12.1. The highest BCUT2D eigenvalue weighted by Crippen LogP contribution is 2.17. The van der Waals surface area contributed by atoms with Crippen molar-refractivity contribution in [3.05, 3.63) is 29.8 Å². The maximum Gasteiger partial charge on any atom is 0.238 e. The van der Waals surface area contributed by atoms with Crippen molar-refractivity contribution < 1.29 is 13.2 Å². The summed E-state index contributed by atoms with van der Waals surface area (Å²) in [4.78, 5) is 12.2. The van der Waals surface area contributed by atoms with Crippen LogP contribution < -0.4 is 16.2 Å². The van der Waals surface area contributed by atoms with E-state index in [2.05, 4.69) is 5.32 Å². The number of benzene rings is 1. The maximum atomic E-state index is 12.1. The van der Waals surface area contributed by atoms with Crippen LogP contribution in [0.3, 0.4) is 0 Å². The molecule has 21 heavy (non-hydrogen) atoms. The molecule has 118 valence electrons. The molecule has 2 unspecified atom stereocenters. The molecule has 0 bridgehead atoms. The van der Waals surface area contributed by atoms with Crippen LogP contribution in [0.15, 0.2) is 29.2 Å². The van der Waals surface area contributed by atoms with Crippen molar-refractivity contribution in [2.75, 3.05) is 6.54 Å². The lowest BCUT2D eigenvalue weighted by atomic mass is 9.94. The molecule has 0 aromatic heterocycles. The molecule has 1 amide bonds. The number of nitrogens with two attached hydrogens (primary N) is 2. The highest BCUT2D eigenvalue weighted by Gasteiger charge is 2.22. The highest BCUT2D eigenvalue weighted by atomic mass is 32.2. The molecule has 0 saturated carbocycles. The molecule has 0 heterocycles. The van der Waals surface area contributed by atoms with Gasteiger partial charge in [0, 0.05) is 6.54 Å². The highest BCUT2D eigenvalue weighted by molar-refractivity contribution is 7.89. The Morgan fingerprint density at radius 2 is 1.71 bits per heavy atom. The summed E-state index contributed by atoms with van der Waals surface area (Å²) < 4.78 is 22.4. The van der Waals surface area contributed by atoms with Gasteiger partial charge in [-0.3, -0.25) is 4.79 Å². The second kappa shape index (κ2) is 7.02. The fourth-order valence-electron chi connectivity index (χ4n) is 2.03. The van der Waals surface area contributed by atoms with Crippen LogP contribution in [0.5, 0.6) is 0 Å². The van der Waals surface area contributed by atoms with Gasteiger partial charge in [0.15, 0.2) is 0 Å². The number of nitrogens with one attached hydrogen (secondary N) is 1. The molecule has 5 N–H and O–H groups in total. The van der Waals surface area contributed by atoms with Crippen LogP contribution in [0, 0.1) is 11.8 Å². The molecule has 0 aliphatic carbocycles. The molecule has 0 fully saturated rings. The molecule has 0 aliphatic rings. The number of amides is 1. The number of rotatable bonds is 6. The predicted octanol–water partition coefficient (Wildman–Crippen LogP) is 0.742. The first-order valence-corrected chi connectivity index (χ1v) is 8.34. The van der Waals surface area contributed by atoms with Crippen LogP contribution in [-0.2, 0) is 14.8 Å². The van der Waals surface area contributed by atoms with Crippen molar-refractivity contribution in [2.24, 2.45) is 22.7 Å². The van der Waals surface area contributed by atoms with Gasteiger partial charge in [-0.25, -0.2) is 13.6 Å². The Kier molecular flexibility index (Phi) is 5.88. The van der Waals surface area contributed by atoms with Gasteiger partial charge in [0.25, 0.3) is 0 Å².